The van der Waals surface area contributed by atoms with Crippen LogP contribution in [0.3, 0.4) is 0 Å². The molecule has 0 radical (unpaired) electrons. The van der Waals surface area contributed by atoms with Crippen molar-refractivity contribution in [2.24, 2.45) is 5.92 Å². The van der Waals surface area contributed by atoms with Gasteiger partial charge >= 0.3 is 0 Å². The van der Waals surface area contributed by atoms with Crippen molar-refractivity contribution in [2.75, 3.05) is 38.6 Å². The lowest BCUT2D eigenvalue weighted by Crippen LogP contribution is -2.36. The van der Waals surface area contributed by atoms with Crippen LogP contribution in [0.2, 0.25) is 0 Å². The fraction of sp³-hybridized carbons (Fsp3) is 0.625. The Kier molecular flexibility index (Phi) is 4.61. The van der Waals surface area contributed by atoms with E-state index in [0.29, 0.717) is 5.56 Å². The smallest absolute Gasteiger partial charge is 0.103 e. The molecule has 1 fully saturated rings. The van der Waals surface area contributed by atoms with Crippen molar-refractivity contribution in [3.05, 3.63) is 23.0 Å². The monoisotopic (exact) mass is 272 g/mol. The van der Waals surface area contributed by atoms with Crippen molar-refractivity contribution in [1.29, 1.82) is 5.26 Å². The van der Waals surface area contributed by atoms with Gasteiger partial charge in [-0.15, -0.1) is 0 Å². The Bertz CT molecular complexity index is 510. The summed E-state index contributed by atoms with van der Waals surface area (Å²) >= 11 is 0. The second-order valence-corrected chi connectivity index (χ2v) is 5.98. The summed E-state index contributed by atoms with van der Waals surface area (Å²) in [6.45, 7) is 7.28. The van der Waals surface area contributed by atoms with Gasteiger partial charge in [0, 0.05) is 19.3 Å². The fourth-order valence-electron chi connectivity index (χ4n) is 2.98. The van der Waals surface area contributed by atoms with Gasteiger partial charge in [0.2, 0.25) is 0 Å². The molecule has 0 atom stereocenters. The molecule has 1 aliphatic heterocycles. The predicted octanol–water partition coefficient (Wildman–Crippen LogP) is 2.35. The summed E-state index contributed by atoms with van der Waals surface area (Å²) in [7, 11) is 4.27. The third-order valence-corrected chi connectivity index (χ3v) is 4.20. The van der Waals surface area contributed by atoms with Crippen molar-refractivity contribution >= 4 is 5.69 Å². The summed E-state index contributed by atoms with van der Waals surface area (Å²) < 4.78 is 0. The summed E-state index contributed by atoms with van der Waals surface area (Å²) in [4.78, 5) is 9.01. The van der Waals surface area contributed by atoms with Crippen molar-refractivity contribution in [3.8, 4) is 6.07 Å². The van der Waals surface area contributed by atoms with Crippen LogP contribution in [-0.2, 0) is 0 Å². The molecular weight excluding hydrogens is 248 g/mol. The number of aryl methyl sites for hydroxylation is 2. The maximum atomic E-state index is 9.36. The molecule has 20 heavy (non-hydrogen) atoms. The number of hydrogen-bond acceptors (Lipinski definition) is 4. The summed E-state index contributed by atoms with van der Waals surface area (Å²) in [5, 5.41) is 9.36. The number of pyridine rings is 1. The number of rotatable bonds is 3. The average molecular weight is 272 g/mol. The minimum atomic E-state index is 0.714. The number of nitrogens with zero attached hydrogens (tertiary/aromatic N) is 4. The molecule has 1 aliphatic rings. The number of anilines is 1. The largest absolute Gasteiger partial charge is 0.373 e. The first kappa shape index (κ1) is 14.8. The van der Waals surface area contributed by atoms with Crippen LogP contribution in [0.15, 0.2) is 6.07 Å². The van der Waals surface area contributed by atoms with E-state index >= 15 is 0 Å². The molecule has 0 saturated carbocycles. The number of hydrogen-bond donors (Lipinski definition) is 0. The van der Waals surface area contributed by atoms with Gasteiger partial charge in [0.15, 0.2) is 0 Å². The molecule has 0 N–H and O–H groups in total. The van der Waals surface area contributed by atoms with Crippen LogP contribution in [0.4, 0.5) is 5.69 Å². The lowest BCUT2D eigenvalue weighted by Gasteiger charge is -2.32. The third kappa shape index (κ3) is 3.29. The summed E-state index contributed by atoms with van der Waals surface area (Å²) in [5.41, 5.74) is 3.55. The predicted molar refractivity (Wildman–Crippen MR) is 81.9 cm³/mol. The highest BCUT2D eigenvalue weighted by atomic mass is 15.1. The Labute approximate surface area is 122 Å². The summed E-state index contributed by atoms with van der Waals surface area (Å²) in [6.07, 6.45) is 2.48. The van der Waals surface area contributed by atoms with Gasteiger partial charge in [0.1, 0.15) is 6.07 Å². The minimum absolute atomic E-state index is 0.714. The van der Waals surface area contributed by atoms with Crippen molar-refractivity contribution in [3.63, 3.8) is 0 Å². The number of aromatic nitrogens is 1. The van der Waals surface area contributed by atoms with Gasteiger partial charge in [-0.3, -0.25) is 4.98 Å². The molecule has 0 amide bonds. The number of nitriles is 1. The molecule has 0 spiro atoms. The molecule has 1 aromatic rings. The Morgan fingerprint density at radius 3 is 2.65 bits per heavy atom. The zero-order chi connectivity index (χ0) is 14.7. The van der Waals surface area contributed by atoms with Crippen molar-refractivity contribution in [1.82, 2.24) is 9.88 Å². The molecule has 4 nitrogen and oxygen atoms in total. The maximum absolute atomic E-state index is 9.36. The zero-order valence-corrected chi connectivity index (χ0v) is 13.0. The number of likely N-dealkylation sites (tertiary alicyclic amines) is 1. The molecule has 0 bridgehead atoms. The van der Waals surface area contributed by atoms with Crippen LogP contribution in [0, 0.1) is 31.1 Å². The Balaban J connectivity index is 2.13. The fourth-order valence-corrected chi connectivity index (χ4v) is 2.98. The van der Waals surface area contributed by atoms with Crippen LogP contribution in [0.5, 0.6) is 0 Å². The van der Waals surface area contributed by atoms with E-state index in [1.807, 2.05) is 19.9 Å². The standard InChI is InChI=1S/C16H24N4/c1-12-9-16(15(10-17)13(2)18-12)20(4)11-14-5-7-19(3)8-6-14/h9,14H,5-8,11H2,1-4H3. The quantitative estimate of drug-likeness (QED) is 0.847. The molecule has 0 unspecified atom stereocenters. The first-order valence-corrected chi connectivity index (χ1v) is 7.29. The van der Waals surface area contributed by atoms with E-state index in [4.69, 9.17) is 0 Å². The molecule has 1 aromatic heterocycles. The van der Waals surface area contributed by atoms with Gasteiger partial charge in [-0.1, -0.05) is 0 Å². The van der Waals surface area contributed by atoms with E-state index in [1.54, 1.807) is 0 Å². The average Bonchev–Trinajstić information content (AvgIpc) is 2.40. The van der Waals surface area contributed by atoms with E-state index in [9.17, 15) is 5.26 Å². The highest BCUT2D eigenvalue weighted by Gasteiger charge is 2.20. The molecule has 0 aliphatic carbocycles. The highest BCUT2D eigenvalue weighted by molar-refractivity contribution is 5.61. The first-order chi connectivity index (χ1) is 9.51. The normalized spacial score (nSPS) is 16.9. The summed E-state index contributed by atoms with van der Waals surface area (Å²) in [6, 6.07) is 4.33. The molecule has 2 rings (SSSR count). The van der Waals surface area contributed by atoms with Gasteiger partial charge in [0.05, 0.1) is 16.9 Å². The van der Waals surface area contributed by atoms with Crippen LogP contribution < -0.4 is 4.90 Å². The topological polar surface area (TPSA) is 43.2 Å². The highest BCUT2D eigenvalue weighted by Crippen LogP contribution is 2.25. The SMILES string of the molecule is Cc1cc(N(C)CC2CCN(C)CC2)c(C#N)c(C)n1. The first-order valence-electron chi connectivity index (χ1n) is 7.29. The van der Waals surface area contributed by atoms with Gasteiger partial charge in [-0.05, 0) is 58.8 Å². The van der Waals surface area contributed by atoms with Gasteiger partial charge in [0.25, 0.3) is 0 Å². The van der Waals surface area contributed by atoms with Crippen molar-refractivity contribution in [2.45, 2.75) is 26.7 Å². The van der Waals surface area contributed by atoms with E-state index < -0.39 is 0 Å². The molecule has 4 heteroatoms. The molecule has 2 heterocycles. The lowest BCUT2D eigenvalue weighted by molar-refractivity contribution is 0.222. The second-order valence-electron chi connectivity index (χ2n) is 5.98. The lowest BCUT2D eigenvalue weighted by atomic mass is 9.96. The Morgan fingerprint density at radius 2 is 2.05 bits per heavy atom. The van der Waals surface area contributed by atoms with E-state index in [2.05, 4.69) is 34.9 Å². The van der Waals surface area contributed by atoms with E-state index in [0.717, 1.165) is 29.5 Å². The van der Waals surface area contributed by atoms with Gasteiger partial charge in [-0.25, -0.2) is 0 Å². The van der Waals surface area contributed by atoms with Crippen LogP contribution in [0.1, 0.15) is 29.8 Å². The maximum Gasteiger partial charge on any atom is 0.103 e. The zero-order valence-electron chi connectivity index (χ0n) is 13.0. The molecular formula is C16H24N4. The van der Waals surface area contributed by atoms with Gasteiger partial charge < -0.3 is 9.80 Å². The Hall–Kier alpha value is -1.60. The van der Waals surface area contributed by atoms with E-state index in [-0.39, 0.29) is 0 Å². The summed E-state index contributed by atoms with van der Waals surface area (Å²) in [5.74, 6) is 0.719. The minimum Gasteiger partial charge on any atom is -0.373 e. The van der Waals surface area contributed by atoms with Crippen molar-refractivity contribution < 1.29 is 0 Å². The molecule has 108 valence electrons. The van der Waals surface area contributed by atoms with Crippen LogP contribution in [-0.4, -0.2) is 43.6 Å². The van der Waals surface area contributed by atoms with Gasteiger partial charge in [-0.2, -0.15) is 5.26 Å². The number of piperidine rings is 1. The third-order valence-electron chi connectivity index (χ3n) is 4.20. The second kappa shape index (κ2) is 6.23. The Morgan fingerprint density at radius 1 is 1.40 bits per heavy atom. The molecule has 0 aromatic carbocycles. The van der Waals surface area contributed by atoms with Crippen LogP contribution in [0.25, 0.3) is 0 Å². The van der Waals surface area contributed by atoms with E-state index in [1.165, 1.54) is 25.9 Å². The van der Waals surface area contributed by atoms with Crippen LogP contribution >= 0.6 is 0 Å². The molecule has 1 saturated heterocycles.